The van der Waals surface area contributed by atoms with Crippen LogP contribution in [0.15, 0.2) is 79.2 Å². The van der Waals surface area contributed by atoms with E-state index in [1.807, 2.05) is 47.0 Å². The van der Waals surface area contributed by atoms with Gasteiger partial charge in [-0.15, -0.1) is 23.5 Å². The van der Waals surface area contributed by atoms with E-state index in [0.717, 1.165) is 0 Å². The maximum absolute atomic E-state index is 2.35. The molecule has 0 bridgehead atoms. The van der Waals surface area contributed by atoms with E-state index in [0.29, 0.717) is 0 Å². The van der Waals surface area contributed by atoms with Crippen LogP contribution in [-0.2, 0) is 7.05 Å². The van der Waals surface area contributed by atoms with E-state index >= 15 is 0 Å². The number of aromatic nitrogens is 1. The van der Waals surface area contributed by atoms with Crippen molar-refractivity contribution < 1.29 is 0 Å². The summed E-state index contributed by atoms with van der Waals surface area (Å²) >= 11 is 12.0. The van der Waals surface area contributed by atoms with Gasteiger partial charge in [-0.1, -0.05) is 122 Å². The zero-order valence-corrected chi connectivity index (χ0v) is 26.8. The average Bonchev–Trinajstić information content (AvgIpc) is 3.60. The molecule has 0 fully saturated rings. The van der Waals surface area contributed by atoms with Gasteiger partial charge in [0.05, 0.1) is 16.9 Å². The van der Waals surface area contributed by atoms with Gasteiger partial charge in [0.2, 0.25) is 0 Å². The number of hydrogen-bond donors (Lipinski definition) is 0. The number of aryl methyl sites for hydroxylation is 1. The lowest BCUT2D eigenvalue weighted by Gasteiger charge is -2.11. The molecule has 0 amide bonds. The Balaban J connectivity index is 1.55. The fraction of sp³-hybridized carbons (Fsp3) is 0.290. The number of unbranched alkanes of at least 4 members (excludes halogenated alkanes) is 2. The van der Waals surface area contributed by atoms with Gasteiger partial charge in [-0.25, -0.2) is 0 Å². The second-order valence-electron chi connectivity index (χ2n) is 9.46. The number of hydrogen-bond acceptors (Lipinski definition) is 6. The van der Waals surface area contributed by atoms with Crippen LogP contribution in [0, 0.1) is 0 Å². The molecule has 0 unspecified atom stereocenters. The summed E-state index contributed by atoms with van der Waals surface area (Å²) < 4.78 is 8.05. The van der Waals surface area contributed by atoms with Gasteiger partial charge in [0.25, 0.3) is 0 Å². The third kappa shape index (κ3) is 5.36. The van der Waals surface area contributed by atoms with Crippen molar-refractivity contribution in [1.82, 2.24) is 4.57 Å². The van der Waals surface area contributed by atoms with E-state index in [4.69, 9.17) is 0 Å². The van der Waals surface area contributed by atoms with E-state index in [9.17, 15) is 0 Å². The molecule has 1 aromatic heterocycles. The van der Waals surface area contributed by atoms with E-state index in [1.54, 1.807) is 0 Å². The van der Waals surface area contributed by atoms with Gasteiger partial charge >= 0.3 is 0 Å². The van der Waals surface area contributed by atoms with Gasteiger partial charge in [0, 0.05) is 39.7 Å². The van der Waals surface area contributed by atoms with Crippen LogP contribution in [0.25, 0.3) is 30.0 Å². The van der Waals surface area contributed by atoms with E-state index in [-0.39, 0.29) is 0 Å². The Morgan fingerprint density at radius 1 is 0.605 bits per heavy atom. The summed E-state index contributed by atoms with van der Waals surface area (Å²) in [6.45, 7) is 4.58. The normalized spacial score (nSPS) is 15.4. The number of fused-ring (bicyclic) bond motifs is 3. The smallest absolute Gasteiger partial charge is 0.0660 e. The highest BCUT2D eigenvalue weighted by atomic mass is 32.3. The van der Waals surface area contributed by atoms with E-state index < -0.39 is 0 Å². The molecule has 2 aliphatic heterocycles. The molecule has 0 aliphatic carbocycles. The van der Waals surface area contributed by atoms with Crippen LogP contribution in [0.1, 0.15) is 39.5 Å². The summed E-state index contributed by atoms with van der Waals surface area (Å²) in [7, 11) is 2.12. The van der Waals surface area contributed by atoms with Crippen LogP contribution < -0.4 is 10.4 Å². The predicted octanol–water partition coefficient (Wildman–Crippen LogP) is 10.0. The highest BCUT2D eigenvalue weighted by molar-refractivity contribution is 8.45. The molecule has 1 nitrogen and oxygen atoms in total. The highest BCUT2D eigenvalue weighted by Crippen LogP contribution is 2.58. The maximum atomic E-state index is 2.35. The molecule has 4 aromatic rings. The van der Waals surface area contributed by atoms with E-state index in [2.05, 4.69) is 110 Å². The molecule has 0 atom stereocenters. The summed E-state index contributed by atoms with van der Waals surface area (Å²) in [5, 5.41) is 8.30. The SMILES string of the molecule is CCCCSC1=C(SCCCC)SC(=c2c3ccccc3c(=C3Sc4cn(C)cc4S3)c3ccccc23)S1. The molecule has 0 saturated carbocycles. The monoisotopic (exact) mass is 609 g/mol. The van der Waals surface area contributed by atoms with Crippen molar-refractivity contribution in [3.05, 3.63) is 79.8 Å². The number of nitrogens with zero attached hydrogens (tertiary/aromatic N) is 1. The van der Waals surface area contributed by atoms with Crippen molar-refractivity contribution in [2.45, 2.75) is 49.3 Å². The van der Waals surface area contributed by atoms with Crippen LogP contribution in [-0.4, -0.2) is 16.1 Å². The summed E-state index contributed by atoms with van der Waals surface area (Å²) in [6.07, 6.45) is 9.56. The molecule has 0 radical (unpaired) electrons. The van der Waals surface area contributed by atoms with Crippen LogP contribution in [0.3, 0.4) is 0 Å². The number of thioether (sulfide) groups is 6. The molecule has 38 heavy (non-hydrogen) atoms. The maximum Gasteiger partial charge on any atom is 0.0660 e. The first-order chi connectivity index (χ1) is 18.7. The molecule has 6 rings (SSSR count). The summed E-state index contributed by atoms with van der Waals surface area (Å²) in [5.74, 6) is 2.41. The Bertz CT molecular complexity index is 1550. The zero-order valence-electron chi connectivity index (χ0n) is 21.9. The van der Waals surface area contributed by atoms with Crippen LogP contribution in [0.5, 0.6) is 0 Å². The van der Waals surface area contributed by atoms with Gasteiger partial charge in [-0.2, -0.15) is 0 Å². The standard InChI is InChI=1S/C31H31NS6/c1-4-6-16-33-30-31(34-17-7-5-2)38-29(37-30)27-22-14-10-8-12-20(22)26(21-13-9-11-15-23(21)27)28-35-24-18-32(3)19-25(24)36-28/h8-15,18-19H,4-7,16-17H2,1-3H3. The topological polar surface area (TPSA) is 4.93 Å². The minimum atomic E-state index is 1.21. The van der Waals surface area contributed by atoms with Crippen LogP contribution in [0.2, 0.25) is 0 Å². The van der Waals surface area contributed by atoms with Crippen molar-refractivity contribution in [2.75, 3.05) is 11.5 Å². The van der Waals surface area contributed by atoms with Crippen molar-refractivity contribution in [2.24, 2.45) is 7.05 Å². The Morgan fingerprint density at radius 2 is 1.00 bits per heavy atom. The Kier molecular flexibility index (Phi) is 8.79. The zero-order chi connectivity index (χ0) is 26.1. The fourth-order valence-corrected chi connectivity index (χ4v) is 13.8. The number of benzene rings is 3. The second-order valence-corrected chi connectivity index (χ2v) is 16.8. The van der Waals surface area contributed by atoms with Gasteiger partial charge < -0.3 is 4.57 Å². The first-order valence-corrected chi connectivity index (χ1v) is 18.5. The van der Waals surface area contributed by atoms with Gasteiger partial charge in [0.1, 0.15) is 0 Å². The van der Waals surface area contributed by atoms with Crippen molar-refractivity contribution in [3.8, 4) is 0 Å². The first-order valence-electron chi connectivity index (χ1n) is 13.2. The van der Waals surface area contributed by atoms with Crippen molar-refractivity contribution >= 4 is 101 Å². The Morgan fingerprint density at radius 3 is 1.39 bits per heavy atom. The third-order valence-corrected chi connectivity index (χ3v) is 14.8. The lowest BCUT2D eigenvalue weighted by atomic mass is 9.99. The molecule has 0 N–H and O–H groups in total. The lowest BCUT2D eigenvalue weighted by molar-refractivity contribution is 0.897. The highest BCUT2D eigenvalue weighted by Gasteiger charge is 2.26. The summed E-state index contributed by atoms with van der Waals surface area (Å²) in [5.41, 5.74) is 0. The van der Waals surface area contributed by atoms with Crippen LogP contribution >= 0.6 is 70.6 Å². The molecule has 0 saturated heterocycles. The van der Waals surface area contributed by atoms with Gasteiger partial charge in [-0.3, -0.25) is 0 Å². The minimum Gasteiger partial charge on any atom is -0.355 e. The number of rotatable bonds is 8. The molecule has 3 heterocycles. The van der Waals surface area contributed by atoms with Crippen molar-refractivity contribution in [1.29, 1.82) is 0 Å². The third-order valence-electron chi connectivity index (χ3n) is 6.63. The van der Waals surface area contributed by atoms with Gasteiger partial charge in [0.15, 0.2) is 0 Å². The Hall–Kier alpha value is -0.960. The predicted molar refractivity (Wildman–Crippen MR) is 182 cm³/mol. The molecular formula is C31H31NS6. The van der Waals surface area contributed by atoms with E-state index in [1.165, 1.54) is 95.9 Å². The summed E-state index contributed by atoms with van der Waals surface area (Å²) in [4.78, 5) is 2.74. The Labute approximate surface area is 251 Å². The van der Waals surface area contributed by atoms with Gasteiger partial charge in [-0.05, 0) is 45.9 Å². The molecule has 0 spiro atoms. The molecule has 196 valence electrons. The largest absolute Gasteiger partial charge is 0.355 e. The first kappa shape index (κ1) is 27.2. The average molecular weight is 610 g/mol. The van der Waals surface area contributed by atoms with Crippen LogP contribution in [0.4, 0.5) is 0 Å². The minimum absolute atomic E-state index is 1.21. The second kappa shape index (κ2) is 12.3. The molecular weight excluding hydrogens is 579 g/mol. The van der Waals surface area contributed by atoms with Crippen molar-refractivity contribution in [3.63, 3.8) is 0 Å². The molecule has 7 heteroatoms. The fourth-order valence-electron chi connectivity index (χ4n) is 4.75. The summed E-state index contributed by atoms with van der Waals surface area (Å²) in [6, 6.07) is 18.2. The lowest BCUT2D eigenvalue weighted by Crippen LogP contribution is -2.16. The molecule has 3 aromatic carbocycles. The molecule has 2 aliphatic rings. The quantitative estimate of drug-likeness (QED) is 0.144.